The number of rotatable bonds is 5. The summed E-state index contributed by atoms with van der Waals surface area (Å²) in [6.07, 6.45) is 1.01. The first-order valence-electron chi connectivity index (χ1n) is 13.3. The average molecular weight is 507 g/mol. The Morgan fingerprint density at radius 2 is 1.05 bits per heavy atom. The van der Waals surface area contributed by atoms with Crippen LogP contribution in [0.2, 0.25) is 0 Å². The summed E-state index contributed by atoms with van der Waals surface area (Å²) < 4.78 is 0. The van der Waals surface area contributed by atoms with E-state index in [9.17, 15) is 0 Å². The number of hydrogen-bond acceptors (Lipinski definition) is 0. The number of benzene rings is 6. The maximum atomic E-state index is 2.85. The topological polar surface area (TPSA) is 0 Å². The quantitative estimate of drug-likeness (QED) is 0.204. The molecule has 0 radical (unpaired) electrons. The Bertz CT molecular complexity index is 1780. The second-order valence-corrected chi connectivity index (χ2v) is 10.6. The van der Waals surface area contributed by atoms with Crippen molar-refractivity contribution < 1.29 is 0 Å². The van der Waals surface area contributed by atoms with Crippen molar-refractivity contribution in [2.45, 2.75) is 20.3 Å². The van der Waals surface area contributed by atoms with Crippen LogP contribution < -0.4 is 5.30 Å². The standard InChI is InChI=1S/C37H31P/c1-3-26-21-32(19-20-35(26)34-12-5-4-9-25(34)2)31-18-17-29-22-28(15-16-30(29)23-31)27-10-8-11-33(24-27)36-13-6-7-14-37(36)38/h4-24H,3,38H2,1-2H3. The summed E-state index contributed by atoms with van der Waals surface area (Å²) in [4.78, 5) is 0. The first-order valence-corrected chi connectivity index (χ1v) is 13.9. The van der Waals surface area contributed by atoms with E-state index in [0.717, 1.165) is 6.42 Å². The molecule has 0 saturated carbocycles. The zero-order valence-electron chi connectivity index (χ0n) is 21.9. The molecule has 38 heavy (non-hydrogen) atoms. The lowest BCUT2D eigenvalue weighted by Gasteiger charge is -2.14. The van der Waals surface area contributed by atoms with Crippen LogP contribution in [-0.2, 0) is 6.42 Å². The molecule has 0 aliphatic carbocycles. The van der Waals surface area contributed by atoms with Gasteiger partial charge >= 0.3 is 0 Å². The predicted molar refractivity (Wildman–Crippen MR) is 169 cm³/mol. The molecule has 1 heteroatoms. The van der Waals surface area contributed by atoms with Gasteiger partial charge in [-0.25, -0.2) is 0 Å². The molecule has 1 atom stereocenters. The van der Waals surface area contributed by atoms with Gasteiger partial charge in [-0.1, -0.05) is 116 Å². The Hall–Kier alpha value is -3.99. The summed E-state index contributed by atoms with van der Waals surface area (Å²) in [7, 11) is 2.85. The van der Waals surface area contributed by atoms with E-state index in [1.54, 1.807) is 0 Å². The van der Waals surface area contributed by atoms with Gasteiger partial charge in [0.15, 0.2) is 0 Å². The van der Waals surface area contributed by atoms with Gasteiger partial charge in [-0.2, -0.15) is 0 Å². The first kappa shape index (κ1) is 24.4. The van der Waals surface area contributed by atoms with Crippen molar-refractivity contribution in [3.8, 4) is 44.5 Å². The summed E-state index contributed by atoms with van der Waals surface area (Å²) in [5.74, 6) is 0. The maximum Gasteiger partial charge on any atom is -0.0112 e. The monoisotopic (exact) mass is 506 g/mol. The largest absolute Gasteiger partial charge is 0.105 e. The van der Waals surface area contributed by atoms with E-state index in [1.165, 1.54) is 71.7 Å². The SMILES string of the molecule is CCc1cc(-c2ccc3cc(-c4cccc(-c5ccccc5P)c4)ccc3c2)ccc1-c1ccccc1C. The van der Waals surface area contributed by atoms with Gasteiger partial charge in [0.2, 0.25) is 0 Å². The van der Waals surface area contributed by atoms with Crippen molar-refractivity contribution >= 4 is 25.3 Å². The highest BCUT2D eigenvalue weighted by Crippen LogP contribution is 2.34. The minimum atomic E-state index is 1.01. The molecule has 6 aromatic rings. The molecule has 0 spiro atoms. The van der Waals surface area contributed by atoms with Crippen molar-refractivity contribution in [2.75, 3.05) is 0 Å². The minimum absolute atomic E-state index is 1.01. The third-order valence-corrected chi connectivity index (χ3v) is 8.07. The molecule has 0 aromatic heterocycles. The fourth-order valence-electron chi connectivity index (χ4n) is 5.43. The zero-order chi connectivity index (χ0) is 26.1. The molecule has 0 aliphatic heterocycles. The summed E-state index contributed by atoms with van der Waals surface area (Å²) in [6, 6.07) is 46.6. The van der Waals surface area contributed by atoms with E-state index >= 15 is 0 Å². The summed E-state index contributed by atoms with van der Waals surface area (Å²) in [6.45, 7) is 4.44. The van der Waals surface area contributed by atoms with E-state index in [4.69, 9.17) is 0 Å². The molecule has 1 unspecified atom stereocenters. The van der Waals surface area contributed by atoms with Crippen LogP contribution in [0.4, 0.5) is 0 Å². The fraction of sp³-hybridized carbons (Fsp3) is 0.0811. The Morgan fingerprint density at radius 3 is 1.74 bits per heavy atom. The van der Waals surface area contributed by atoms with Crippen LogP contribution in [0.25, 0.3) is 55.3 Å². The molecule has 184 valence electrons. The number of fused-ring (bicyclic) bond motifs is 1. The number of aryl methyl sites for hydroxylation is 2. The van der Waals surface area contributed by atoms with E-state index < -0.39 is 0 Å². The molecule has 0 amide bonds. The van der Waals surface area contributed by atoms with Crippen LogP contribution in [0.1, 0.15) is 18.1 Å². The molecule has 0 nitrogen and oxygen atoms in total. The summed E-state index contributed by atoms with van der Waals surface area (Å²) >= 11 is 0. The third-order valence-electron chi connectivity index (χ3n) is 7.56. The molecule has 0 bridgehead atoms. The minimum Gasteiger partial charge on any atom is -0.105 e. The van der Waals surface area contributed by atoms with Crippen molar-refractivity contribution in [3.05, 3.63) is 139 Å². The summed E-state index contributed by atoms with van der Waals surface area (Å²) in [5.41, 5.74) is 12.9. The van der Waals surface area contributed by atoms with Gasteiger partial charge in [0.1, 0.15) is 0 Å². The van der Waals surface area contributed by atoms with Gasteiger partial charge in [-0.3, -0.25) is 0 Å². The van der Waals surface area contributed by atoms with Crippen LogP contribution in [0.15, 0.2) is 127 Å². The fourth-order valence-corrected chi connectivity index (χ4v) is 5.81. The van der Waals surface area contributed by atoms with E-state index in [-0.39, 0.29) is 0 Å². The van der Waals surface area contributed by atoms with Crippen LogP contribution in [0, 0.1) is 6.92 Å². The Morgan fingerprint density at radius 1 is 0.474 bits per heavy atom. The molecule has 0 N–H and O–H groups in total. The smallest absolute Gasteiger partial charge is 0.0112 e. The second kappa shape index (κ2) is 10.4. The molecule has 0 fully saturated rings. The number of hydrogen-bond donors (Lipinski definition) is 0. The first-order chi connectivity index (χ1) is 18.6. The lowest BCUT2D eigenvalue weighted by atomic mass is 9.91. The van der Waals surface area contributed by atoms with Crippen LogP contribution in [0.3, 0.4) is 0 Å². The summed E-state index contributed by atoms with van der Waals surface area (Å²) in [5, 5.41) is 3.74. The van der Waals surface area contributed by atoms with E-state index in [0.29, 0.717) is 0 Å². The molecular weight excluding hydrogens is 475 g/mol. The van der Waals surface area contributed by atoms with Crippen LogP contribution in [0.5, 0.6) is 0 Å². The van der Waals surface area contributed by atoms with Gasteiger partial charge in [-0.05, 0) is 103 Å². The normalized spacial score (nSPS) is 11.1. The molecule has 0 saturated heterocycles. The molecular formula is C37H31P. The Balaban J connectivity index is 1.34. The van der Waals surface area contributed by atoms with E-state index in [1.807, 2.05) is 0 Å². The highest BCUT2D eigenvalue weighted by atomic mass is 31.0. The molecule has 0 heterocycles. The highest BCUT2D eigenvalue weighted by molar-refractivity contribution is 7.28. The van der Waals surface area contributed by atoms with Gasteiger partial charge in [0.05, 0.1) is 0 Å². The lowest BCUT2D eigenvalue weighted by Crippen LogP contribution is -1.95. The lowest BCUT2D eigenvalue weighted by molar-refractivity contribution is 1.14. The van der Waals surface area contributed by atoms with E-state index in [2.05, 4.69) is 150 Å². The van der Waals surface area contributed by atoms with Crippen LogP contribution in [-0.4, -0.2) is 0 Å². The van der Waals surface area contributed by atoms with Gasteiger partial charge in [0, 0.05) is 0 Å². The maximum absolute atomic E-state index is 2.85. The van der Waals surface area contributed by atoms with Crippen molar-refractivity contribution in [3.63, 3.8) is 0 Å². The second-order valence-electron chi connectivity index (χ2n) is 9.99. The van der Waals surface area contributed by atoms with Crippen molar-refractivity contribution in [1.82, 2.24) is 0 Å². The highest BCUT2D eigenvalue weighted by Gasteiger charge is 2.10. The molecule has 6 aromatic carbocycles. The van der Waals surface area contributed by atoms with Gasteiger partial charge in [-0.15, -0.1) is 9.24 Å². The Labute approximate surface area is 228 Å². The van der Waals surface area contributed by atoms with Gasteiger partial charge in [0.25, 0.3) is 0 Å². The van der Waals surface area contributed by atoms with Crippen LogP contribution >= 0.6 is 9.24 Å². The van der Waals surface area contributed by atoms with Gasteiger partial charge < -0.3 is 0 Å². The van der Waals surface area contributed by atoms with Crippen molar-refractivity contribution in [2.24, 2.45) is 0 Å². The average Bonchev–Trinajstić information content (AvgIpc) is 2.97. The predicted octanol–water partition coefficient (Wildman–Crippen LogP) is 9.88. The van der Waals surface area contributed by atoms with Crippen molar-refractivity contribution in [1.29, 1.82) is 0 Å². The third kappa shape index (κ3) is 4.69. The Kier molecular flexibility index (Phi) is 6.67. The molecule has 0 aliphatic rings. The zero-order valence-corrected chi connectivity index (χ0v) is 23.1. The molecule has 6 rings (SSSR count).